The maximum atomic E-state index is 12.2. The lowest BCUT2D eigenvalue weighted by Gasteiger charge is -2.06. The second kappa shape index (κ2) is 6.16. The van der Waals surface area contributed by atoms with Gasteiger partial charge in [-0.05, 0) is 49.2 Å². The summed E-state index contributed by atoms with van der Waals surface area (Å²) in [6.45, 7) is 3.95. The Morgan fingerprint density at radius 3 is 2.48 bits per heavy atom. The summed E-state index contributed by atoms with van der Waals surface area (Å²) in [5, 5.41) is 0.892. The number of rotatable bonds is 4. The Morgan fingerprint density at radius 1 is 1.04 bits per heavy atom. The topological polar surface area (TPSA) is 48.7 Å². The molecule has 4 heteroatoms. The van der Waals surface area contributed by atoms with Crippen LogP contribution in [-0.2, 0) is 11.2 Å². The highest BCUT2D eigenvalue weighted by Gasteiger charge is 2.13. The van der Waals surface area contributed by atoms with Crippen molar-refractivity contribution in [3.8, 4) is 11.5 Å². The van der Waals surface area contributed by atoms with Gasteiger partial charge < -0.3 is 13.9 Å². The van der Waals surface area contributed by atoms with Gasteiger partial charge in [-0.15, -0.1) is 0 Å². The third-order valence-electron chi connectivity index (χ3n) is 3.62. The first-order valence-electron chi connectivity index (χ1n) is 7.38. The van der Waals surface area contributed by atoms with E-state index in [1.807, 2.05) is 44.2 Å². The largest absolute Gasteiger partial charge is 0.497 e. The predicted octanol–water partition coefficient (Wildman–Crippen LogP) is 4.21. The van der Waals surface area contributed by atoms with Gasteiger partial charge in [0, 0.05) is 17.0 Å². The van der Waals surface area contributed by atoms with Crippen LogP contribution < -0.4 is 9.47 Å². The first-order valence-corrected chi connectivity index (χ1v) is 7.38. The molecule has 0 spiro atoms. The van der Waals surface area contributed by atoms with Crippen molar-refractivity contribution in [1.29, 1.82) is 0 Å². The number of ether oxygens (including phenoxy) is 2. The highest BCUT2D eigenvalue weighted by atomic mass is 16.5. The van der Waals surface area contributed by atoms with Gasteiger partial charge in [-0.1, -0.05) is 6.07 Å². The van der Waals surface area contributed by atoms with Crippen molar-refractivity contribution in [3.05, 3.63) is 59.4 Å². The molecule has 0 saturated heterocycles. The molecule has 1 aromatic heterocycles. The Balaban J connectivity index is 1.77. The first kappa shape index (κ1) is 15.2. The highest BCUT2D eigenvalue weighted by Crippen LogP contribution is 2.26. The summed E-state index contributed by atoms with van der Waals surface area (Å²) in [4.78, 5) is 12.2. The normalized spacial score (nSPS) is 10.7. The van der Waals surface area contributed by atoms with Crippen molar-refractivity contribution >= 4 is 16.9 Å². The van der Waals surface area contributed by atoms with Gasteiger partial charge in [-0.25, -0.2) is 0 Å². The third-order valence-corrected chi connectivity index (χ3v) is 3.62. The van der Waals surface area contributed by atoms with Gasteiger partial charge in [0.1, 0.15) is 17.1 Å². The summed E-state index contributed by atoms with van der Waals surface area (Å²) >= 11 is 0. The highest BCUT2D eigenvalue weighted by molar-refractivity contribution is 5.87. The van der Waals surface area contributed by atoms with Gasteiger partial charge in [0.05, 0.1) is 19.8 Å². The van der Waals surface area contributed by atoms with E-state index in [-0.39, 0.29) is 12.4 Å². The van der Waals surface area contributed by atoms with Crippen molar-refractivity contribution in [3.63, 3.8) is 0 Å². The van der Waals surface area contributed by atoms with Gasteiger partial charge in [0.25, 0.3) is 0 Å². The minimum Gasteiger partial charge on any atom is -0.497 e. The summed E-state index contributed by atoms with van der Waals surface area (Å²) in [6.07, 6.45) is 1.75. The lowest BCUT2D eigenvalue weighted by molar-refractivity contribution is -0.133. The quantitative estimate of drug-likeness (QED) is 0.535. The molecular weight excluding hydrogens is 292 g/mol. The predicted molar refractivity (Wildman–Crippen MR) is 88.0 cm³/mol. The van der Waals surface area contributed by atoms with E-state index in [1.165, 1.54) is 0 Å². The van der Waals surface area contributed by atoms with E-state index in [0.717, 1.165) is 27.8 Å². The van der Waals surface area contributed by atoms with Crippen LogP contribution in [0.3, 0.4) is 0 Å². The number of carbonyl (C=O) groups is 1. The smallest absolute Gasteiger partial charge is 0.315 e. The molecule has 0 bridgehead atoms. The molecule has 0 amide bonds. The van der Waals surface area contributed by atoms with E-state index >= 15 is 0 Å². The molecule has 118 valence electrons. The summed E-state index contributed by atoms with van der Waals surface area (Å²) < 4.78 is 16.1. The van der Waals surface area contributed by atoms with E-state index in [0.29, 0.717) is 11.3 Å². The third kappa shape index (κ3) is 3.37. The number of esters is 1. The van der Waals surface area contributed by atoms with Gasteiger partial charge in [-0.2, -0.15) is 0 Å². The number of benzene rings is 2. The molecule has 0 unspecified atom stereocenters. The van der Waals surface area contributed by atoms with Crippen molar-refractivity contribution in [2.45, 2.75) is 20.3 Å². The Kier molecular flexibility index (Phi) is 4.06. The molecule has 4 nitrogen and oxygen atoms in total. The van der Waals surface area contributed by atoms with Crippen LogP contribution in [0.1, 0.15) is 16.7 Å². The number of fused-ring (bicyclic) bond motifs is 1. The molecule has 0 radical (unpaired) electrons. The van der Waals surface area contributed by atoms with Crippen LogP contribution in [0.2, 0.25) is 0 Å². The maximum absolute atomic E-state index is 12.2. The summed E-state index contributed by atoms with van der Waals surface area (Å²) in [5.41, 5.74) is 3.62. The number of methoxy groups -OCH3 is 1. The van der Waals surface area contributed by atoms with Gasteiger partial charge >= 0.3 is 5.97 Å². The zero-order valence-corrected chi connectivity index (χ0v) is 13.4. The molecule has 1 heterocycles. The average Bonchev–Trinajstić information content (AvgIpc) is 2.88. The summed E-state index contributed by atoms with van der Waals surface area (Å²) in [6, 6.07) is 11.3. The molecule has 2 aromatic carbocycles. The van der Waals surface area contributed by atoms with E-state index in [1.54, 1.807) is 19.4 Å². The second-order valence-corrected chi connectivity index (χ2v) is 5.60. The zero-order chi connectivity index (χ0) is 16.4. The Hall–Kier alpha value is -2.75. The fraction of sp³-hybridized carbons (Fsp3) is 0.211. The van der Waals surface area contributed by atoms with Crippen LogP contribution in [0.4, 0.5) is 0 Å². The summed E-state index contributed by atoms with van der Waals surface area (Å²) in [7, 11) is 1.60. The molecule has 3 rings (SSSR count). The molecule has 0 aliphatic rings. The molecule has 0 aliphatic carbocycles. The van der Waals surface area contributed by atoms with Crippen LogP contribution in [0, 0.1) is 13.8 Å². The average molecular weight is 310 g/mol. The number of carbonyl (C=O) groups excluding carboxylic acids is 1. The standard InChI is InChI=1S/C19H18O4/c1-12-6-13(2)8-16(7-12)23-19(20)9-14-11-22-18-10-15(21-3)4-5-17(14)18/h4-8,10-11H,9H2,1-3H3. The second-order valence-electron chi connectivity index (χ2n) is 5.60. The van der Waals surface area contributed by atoms with Gasteiger partial charge in [-0.3, -0.25) is 4.79 Å². The fourth-order valence-corrected chi connectivity index (χ4v) is 2.64. The van der Waals surface area contributed by atoms with Crippen LogP contribution in [0.5, 0.6) is 11.5 Å². The number of aryl methyl sites for hydroxylation is 2. The van der Waals surface area contributed by atoms with Gasteiger partial charge in [0.2, 0.25) is 0 Å². The summed E-state index contributed by atoms with van der Waals surface area (Å²) in [5.74, 6) is 0.978. The molecule has 23 heavy (non-hydrogen) atoms. The van der Waals surface area contributed by atoms with E-state index < -0.39 is 0 Å². The minimum atomic E-state index is -0.312. The molecule has 0 fully saturated rings. The number of hydrogen-bond donors (Lipinski definition) is 0. The van der Waals surface area contributed by atoms with Crippen LogP contribution in [0.25, 0.3) is 11.0 Å². The maximum Gasteiger partial charge on any atom is 0.315 e. The monoisotopic (exact) mass is 310 g/mol. The molecule has 0 N–H and O–H groups in total. The van der Waals surface area contributed by atoms with Crippen molar-refractivity contribution in [2.75, 3.05) is 7.11 Å². The lowest BCUT2D eigenvalue weighted by Crippen LogP contribution is -2.11. The number of furan rings is 1. The van der Waals surface area contributed by atoms with E-state index in [9.17, 15) is 4.79 Å². The van der Waals surface area contributed by atoms with Crippen molar-refractivity contribution in [2.24, 2.45) is 0 Å². The lowest BCUT2D eigenvalue weighted by atomic mass is 10.1. The van der Waals surface area contributed by atoms with Crippen molar-refractivity contribution in [1.82, 2.24) is 0 Å². The molecule has 0 aliphatic heterocycles. The Morgan fingerprint density at radius 2 is 1.78 bits per heavy atom. The Labute approximate surface area is 134 Å². The van der Waals surface area contributed by atoms with E-state index in [4.69, 9.17) is 13.9 Å². The molecular formula is C19H18O4. The molecule has 0 atom stereocenters. The fourth-order valence-electron chi connectivity index (χ4n) is 2.64. The minimum absolute atomic E-state index is 0.159. The van der Waals surface area contributed by atoms with Crippen molar-refractivity contribution < 1.29 is 18.7 Å². The SMILES string of the molecule is COc1ccc2c(CC(=O)Oc3cc(C)cc(C)c3)coc2c1. The Bertz CT molecular complexity index is 841. The molecule has 3 aromatic rings. The molecule has 0 saturated carbocycles. The van der Waals surface area contributed by atoms with E-state index in [2.05, 4.69) is 0 Å². The first-order chi connectivity index (χ1) is 11.0. The van der Waals surface area contributed by atoms with Crippen LogP contribution in [-0.4, -0.2) is 13.1 Å². The zero-order valence-electron chi connectivity index (χ0n) is 13.4. The number of hydrogen-bond acceptors (Lipinski definition) is 4. The van der Waals surface area contributed by atoms with Crippen LogP contribution >= 0.6 is 0 Å². The van der Waals surface area contributed by atoms with Crippen LogP contribution in [0.15, 0.2) is 47.1 Å². The van der Waals surface area contributed by atoms with Gasteiger partial charge in [0.15, 0.2) is 0 Å².